The molecular weight excluding hydrogens is 895 g/mol. The average Bonchev–Trinajstić information content (AvgIpc) is 3.63. The van der Waals surface area contributed by atoms with Gasteiger partial charge in [0.05, 0.1) is 17.1 Å². The zero-order valence-electron chi connectivity index (χ0n) is 42.9. The first-order valence-corrected chi connectivity index (χ1v) is 26.2. The van der Waals surface area contributed by atoms with Crippen LogP contribution in [0.4, 0.5) is 51.2 Å². The van der Waals surface area contributed by atoms with Crippen molar-refractivity contribution < 1.29 is 0 Å². The molecule has 3 nitrogen and oxygen atoms in total. The lowest BCUT2D eigenvalue weighted by Gasteiger charge is -2.55. The Bertz CT molecular complexity index is 3780. The molecule has 0 atom stereocenters. The lowest BCUT2D eigenvalue weighted by Crippen LogP contribution is -2.44. The van der Waals surface area contributed by atoms with Gasteiger partial charge < -0.3 is 14.7 Å². The van der Waals surface area contributed by atoms with Crippen LogP contribution < -0.4 is 14.7 Å². The summed E-state index contributed by atoms with van der Waals surface area (Å²) in [4.78, 5) is 7.68. The molecule has 0 spiro atoms. The minimum atomic E-state index is -0.426. The third kappa shape index (κ3) is 6.59. The van der Waals surface area contributed by atoms with Crippen LogP contribution in [-0.4, -0.2) is 0 Å². The van der Waals surface area contributed by atoms with Crippen LogP contribution in [0.3, 0.4) is 0 Å². The predicted octanol–water partition coefficient (Wildman–Crippen LogP) is 19.7. The highest BCUT2D eigenvalue weighted by Gasteiger charge is 2.52. The Balaban J connectivity index is 1.02. The minimum Gasteiger partial charge on any atom is -0.310 e. The van der Waals surface area contributed by atoms with E-state index in [1.807, 2.05) is 0 Å². The van der Waals surface area contributed by atoms with Crippen molar-refractivity contribution in [3.05, 3.63) is 270 Å². The van der Waals surface area contributed by atoms with Crippen molar-refractivity contribution in [2.45, 2.75) is 57.8 Å². The van der Waals surface area contributed by atoms with Gasteiger partial charge in [0.1, 0.15) is 0 Å². The highest BCUT2D eigenvalue weighted by molar-refractivity contribution is 6.01. The highest BCUT2D eigenvalue weighted by atomic mass is 15.2. The van der Waals surface area contributed by atoms with Gasteiger partial charge in [0.25, 0.3) is 0 Å². The molecule has 74 heavy (non-hydrogen) atoms. The lowest BCUT2D eigenvalue weighted by molar-refractivity contribution is 0.567. The summed E-state index contributed by atoms with van der Waals surface area (Å²) in [6.07, 6.45) is 0. The van der Waals surface area contributed by atoms with Crippen molar-refractivity contribution in [2.24, 2.45) is 0 Å². The molecule has 0 unspecified atom stereocenters. The van der Waals surface area contributed by atoms with Crippen LogP contribution >= 0.6 is 0 Å². The third-order valence-corrected chi connectivity index (χ3v) is 16.9. The van der Waals surface area contributed by atoms with E-state index < -0.39 is 5.41 Å². The zero-order chi connectivity index (χ0) is 50.1. The molecule has 3 aliphatic rings. The first kappa shape index (κ1) is 44.1. The van der Waals surface area contributed by atoms with Crippen molar-refractivity contribution in [3.8, 4) is 22.3 Å². The normalized spacial score (nSPS) is 14.9. The summed E-state index contributed by atoms with van der Waals surface area (Å²) >= 11 is 0. The maximum atomic E-state index is 2.69. The number of nitrogens with zero attached hydrogens (tertiary/aromatic N) is 3. The van der Waals surface area contributed by atoms with E-state index in [9.17, 15) is 0 Å². The van der Waals surface area contributed by atoms with Crippen LogP contribution in [0.2, 0.25) is 0 Å². The number of hydrogen-bond donors (Lipinski definition) is 0. The Kier molecular flexibility index (Phi) is 9.63. The molecule has 3 aliphatic heterocycles. The summed E-state index contributed by atoms with van der Waals surface area (Å²) in [6.45, 7) is 14.8. The topological polar surface area (TPSA) is 9.72 Å². The molecule has 0 radical (unpaired) electrons. The van der Waals surface area contributed by atoms with Crippen LogP contribution in [0, 0.1) is 0 Å². The van der Waals surface area contributed by atoms with Gasteiger partial charge in [0.2, 0.25) is 0 Å². The van der Waals surface area contributed by atoms with E-state index in [0.29, 0.717) is 0 Å². The molecule has 11 aromatic rings. The molecule has 0 bridgehead atoms. The molecule has 14 rings (SSSR count). The maximum Gasteiger partial charge on any atom is 0.0545 e. The molecule has 356 valence electrons. The number of para-hydroxylation sites is 1. The average molecular weight is 952 g/mol. The second kappa shape index (κ2) is 16.2. The molecule has 0 amide bonds. The van der Waals surface area contributed by atoms with Gasteiger partial charge in [0, 0.05) is 50.4 Å². The van der Waals surface area contributed by atoms with Gasteiger partial charge in [0.15, 0.2) is 0 Å². The smallest absolute Gasteiger partial charge is 0.0545 e. The molecule has 0 aliphatic carbocycles. The van der Waals surface area contributed by atoms with E-state index in [4.69, 9.17) is 0 Å². The fourth-order valence-electron chi connectivity index (χ4n) is 12.8. The van der Waals surface area contributed by atoms with Gasteiger partial charge in [-0.05, 0) is 150 Å². The Morgan fingerprint density at radius 2 is 0.554 bits per heavy atom. The second-order valence-corrected chi connectivity index (χ2v) is 22.3. The highest BCUT2D eigenvalue weighted by Crippen LogP contribution is 2.67. The van der Waals surface area contributed by atoms with Crippen LogP contribution in [-0.2, 0) is 16.2 Å². The Morgan fingerprint density at radius 1 is 0.243 bits per heavy atom. The fraction of sp³-hybridized carbons (Fsp3) is 0.127. The van der Waals surface area contributed by atoms with Gasteiger partial charge in [-0.2, -0.15) is 0 Å². The molecule has 3 heterocycles. The Hall–Kier alpha value is -8.66. The molecular formula is C71H57N3. The minimum absolute atomic E-state index is 0.311. The van der Waals surface area contributed by atoms with Gasteiger partial charge >= 0.3 is 0 Å². The summed E-state index contributed by atoms with van der Waals surface area (Å²) in [5.74, 6) is 0. The number of anilines is 9. The molecule has 11 aromatic carbocycles. The van der Waals surface area contributed by atoms with Crippen LogP contribution in [0.15, 0.2) is 237 Å². The fourth-order valence-corrected chi connectivity index (χ4v) is 12.8. The van der Waals surface area contributed by atoms with E-state index >= 15 is 0 Å². The van der Waals surface area contributed by atoms with Gasteiger partial charge in [-0.3, -0.25) is 0 Å². The first-order chi connectivity index (χ1) is 35.9. The van der Waals surface area contributed by atoms with Crippen LogP contribution in [0.25, 0.3) is 43.8 Å². The quantitative estimate of drug-likeness (QED) is 0.150. The first-order valence-electron chi connectivity index (χ1n) is 26.2. The van der Waals surface area contributed by atoms with Crippen molar-refractivity contribution in [1.29, 1.82) is 0 Å². The lowest BCUT2D eigenvalue weighted by atomic mass is 9.60. The molecule has 0 fully saturated rings. The molecule has 3 heteroatoms. The third-order valence-electron chi connectivity index (χ3n) is 16.9. The summed E-state index contributed by atoms with van der Waals surface area (Å²) in [5, 5.41) is 4.89. The van der Waals surface area contributed by atoms with E-state index in [1.54, 1.807) is 0 Å². The van der Waals surface area contributed by atoms with Gasteiger partial charge in [-0.15, -0.1) is 0 Å². The van der Waals surface area contributed by atoms with E-state index in [1.165, 1.54) is 94.2 Å². The summed E-state index contributed by atoms with van der Waals surface area (Å²) in [7, 11) is 0. The molecule has 0 N–H and O–H groups in total. The zero-order valence-corrected chi connectivity index (χ0v) is 42.9. The Morgan fingerprint density at radius 3 is 0.946 bits per heavy atom. The standard InChI is InChI=1S/C71H57N3/c1-69(2)60-26-17-27-61-66(60)74-67-62(69)42-58(72(56-38-32-48-22-13-15-24-52(48)40-56)54-34-28-50(29-35-54)46-18-9-7-10-19-46)44-64(67)71(5,6)65-45-59(43-63(68(65)74)70(61,3)4)73(57-39-33-49-23-14-16-25-53(49)41-57)55-36-30-51(31-37-55)47-20-11-8-12-21-47/h7-45H,1-6H3. The maximum absolute atomic E-state index is 2.69. The van der Waals surface area contributed by atoms with Crippen molar-refractivity contribution >= 4 is 72.7 Å². The van der Waals surface area contributed by atoms with Gasteiger partial charge in [-0.25, -0.2) is 0 Å². The SMILES string of the molecule is CC1(C)c2cccc3c2N2c4c1cc(N(c1ccc(-c5ccccc5)cc1)c1ccc5ccccc5c1)cc4C(C)(C)c1cc(N(c4ccc(-c5ccccc5)cc4)c4ccc5ccccc5c4)cc(c12)C3(C)C. The summed E-state index contributed by atoms with van der Waals surface area (Å²) in [6, 6.07) is 88.2. The number of fused-ring (bicyclic) bond motifs is 2. The van der Waals surface area contributed by atoms with Crippen molar-refractivity contribution in [1.82, 2.24) is 0 Å². The number of benzene rings is 11. The largest absolute Gasteiger partial charge is 0.310 e. The number of rotatable bonds is 8. The Labute approximate surface area is 435 Å². The van der Waals surface area contributed by atoms with Crippen molar-refractivity contribution in [3.63, 3.8) is 0 Å². The van der Waals surface area contributed by atoms with E-state index in [-0.39, 0.29) is 10.8 Å². The van der Waals surface area contributed by atoms with Crippen molar-refractivity contribution in [2.75, 3.05) is 14.7 Å². The monoisotopic (exact) mass is 951 g/mol. The van der Waals surface area contributed by atoms with E-state index in [0.717, 1.165) is 34.1 Å². The summed E-state index contributed by atoms with van der Waals surface area (Å²) in [5.41, 5.74) is 22.6. The summed E-state index contributed by atoms with van der Waals surface area (Å²) < 4.78 is 0. The predicted molar refractivity (Wildman–Crippen MR) is 313 cm³/mol. The van der Waals surface area contributed by atoms with Crippen LogP contribution in [0.1, 0.15) is 74.9 Å². The molecule has 0 aromatic heterocycles. The molecule has 0 saturated carbocycles. The molecule has 0 saturated heterocycles. The number of hydrogen-bond acceptors (Lipinski definition) is 3. The second-order valence-electron chi connectivity index (χ2n) is 22.3. The van der Waals surface area contributed by atoms with Gasteiger partial charge in [-0.1, -0.05) is 205 Å². The van der Waals surface area contributed by atoms with E-state index in [2.05, 4.69) is 293 Å². The van der Waals surface area contributed by atoms with Crippen LogP contribution in [0.5, 0.6) is 0 Å².